The number of nitriles is 1. The molecule has 0 amide bonds. The Morgan fingerprint density at radius 2 is 2.14 bits per heavy atom. The van der Waals surface area contributed by atoms with Crippen LogP contribution in [-0.4, -0.2) is 39.9 Å². The van der Waals surface area contributed by atoms with E-state index in [4.69, 9.17) is 14.2 Å². The molecule has 1 aromatic rings. The average Bonchev–Trinajstić information content (AvgIpc) is 2.94. The van der Waals surface area contributed by atoms with Crippen LogP contribution in [0.15, 0.2) is 18.2 Å². The van der Waals surface area contributed by atoms with Gasteiger partial charge in [-0.15, -0.1) is 0 Å². The smallest absolute Gasteiger partial charge is 0.231 e. The van der Waals surface area contributed by atoms with Crippen LogP contribution in [-0.2, 0) is 14.6 Å². The van der Waals surface area contributed by atoms with Crippen molar-refractivity contribution in [1.29, 1.82) is 5.26 Å². The normalized spacial score (nSPS) is 29.1. The van der Waals surface area contributed by atoms with Crippen LogP contribution in [0.2, 0.25) is 0 Å². The number of benzene rings is 1. The predicted octanol–water partition coefficient (Wildman–Crippen LogP) is 1.47. The zero-order chi connectivity index (χ0) is 16.0. The molecule has 0 saturated heterocycles. The molecule has 7 heteroatoms. The fraction of sp³-hybridized carbons (Fsp3) is 0.533. The first-order chi connectivity index (χ1) is 10.4. The van der Waals surface area contributed by atoms with Gasteiger partial charge in [0.25, 0.3) is 0 Å². The Labute approximate surface area is 129 Å². The van der Waals surface area contributed by atoms with E-state index in [1.807, 2.05) is 6.92 Å². The van der Waals surface area contributed by atoms with Gasteiger partial charge in [-0.25, -0.2) is 8.42 Å². The van der Waals surface area contributed by atoms with Gasteiger partial charge in [0.1, 0.15) is 5.41 Å². The van der Waals surface area contributed by atoms with Crippen molar-refractivity contribution < 1.29 is 22.6 Å². The first kappa shape index (κ1) is 15.1. The second-order valence-electron chi connectivity index (χ2n) is 5.63. The van der Waals surface area contributed by atoms with Crippen LogP contribution in [0.25, 0.3) is 0 Å². The van der Waals surface area contributed by atoms with E-state index in [0.717, 1.165) is 5.56 Å². The lowest BCUT2D eigenvalue weighted by Crippen LogP contribution is -2.18. The number of hydrogen-bond donors (Lipinski definition) is 0. The third-order valence-electron chi connectivity index (χ3n) is 4.23. The van der Waals surface area contributed by atoms with E-state index in [0.29, 0.717) is 18.1 Å². The number of fused-ring (bicyclic) bond motifs is 1. The standard InChI is InChI=1S/C15H17NO5S/c1-3-19-8-15(7-16)13(14(15)22(2,17)18)10-4-5-11-12(6-10)21-9-20-11/h4-6,13-14H,3,8-9H2,1-2H3/t13-,14-,15+/m0/s1. The van der Waals surface area contributed by atoms with Crippen LogP contribution in [0.4, 0.5) is 0 Å². The van der Waals surface area contributed by atoms with Gasteiger partial charge in [0.15, 0.2) is 21.3 Å². The predicted molar refractivity (Wildman–Crippen MR) is 78.5 cm³/mol. The molecule has 0 N–H and O–H groups in total. The molecule has 1 aliphatic carbocycles. The minimum atomic E-state index is -3.37. The van der Waals surface area contributed by atoms with Crippen LogP contribution >= 0.6 is 0 Å². The number of sulfone groups is 1. The van der Waals surface area contributed by atoms with E-state index in [-0.39, 0.29) is 13.4 Å². The van der Waals surface area contributed by atoms with E-state index in [1.54, 1.807) is 18.2 Å². The summed E-state index contributed by atoms with van der Waals surface area (Å²) in [6.45, 7) is 2.52. The highest BCUT2D eigenvalue weighted by Gasteiger charge is 2.71. The molecule has 0 spiro atoms. The van der Waals surface area contributed by atoms with Crippen LogP contribution in [0.5, 0.6) is 11.5 Å². The summed E-state index contributed by atoms with van der Waals surface area (Å²) in [4.78, 5) is 0. The van der Waals surface area contributed by atoms with Crippen molar-refractivity contribution in [3.8, 4) is 17.6 Å². The average molecular weight is 323 g/mol. The van der Waals surface area contributed by atoms with E-state index in [1.165, 1.54) is 6.26 Å². The lowest BCUT2D eigenvalue weighted by molar-refractivity contribution is 0.117. The van der Waals surface area contributed by atoms with Crippen molar-refractivity contribution in [2.24, 2.45) is 5.41 Å². The molecule has 0 unspecified atom stereocenters. The maximum atomic E-state index is 12.1. The number of ether oxygens (including phenoxy) is 3. The molecule has 6 nitrogen and oxygen atoms in total. The summed E-state index contributed by atoms with van der Waals surface area (Å²) < 4.78 is 40.1. The third-order valence-corrected chi connectivity index (χ3v) is 5.84. The summed E-state index contributed by atoms with van der Waals surface area (Å²) in [6.07, 6.45) is 1.17. The lowest BCUT2D eigenvalue weighted by atomic mass is 10.0. The molecule has 0 radical (unpaired) electrons. The van der Waals surface area contributed by atoms with Crippen molar-refractivity contribution in [3.05, 3.63) is 23.8 Å². The maximum absolute atomic E-state index is 12.1. The van der Waals surface area contributed by atoms with Gasteiger partial charge in [0.05, 0.1) is 17.9 Å². The second-order valence-corrected chi connectivity index (χ2v) is 7.80. The fourth-order valence-electron chi connectivity index (χ4n) is 3.22. The Morgan fingerprint density at radius 3 is 2.77 bits per heavy atom. The van der Waals surface area contributed by atoms with Crippen molar-refractivity contribution in [1.82, 2.24) is 0 Å². The van der Waals surface area contributed by atoms with Crippen LogP contribution in [0, 0.1) is 16.7 Å². The minimum absolute atomic E-state index is 0.108. The SMILES string of the molecule is CCOC[C@]1(C#N)[C@@H](c2ccc3c(c2)OCO3)[C@@H]1S(C)(=O)=O. The Hall–Kier alpha value is -1.78. The molecule has 2 aliphatic rings. The van der Waals surface area contributed by atoms with E-state index in [9.17, 15) is 13.7 Å². The summed E-state index contributed by atoms with van der Waals surface area (Å²) in [5.74, 6) is 0.807. The Kier molecular flexibility index (Phi) is 3.54. The molecule has 1 aliphatic heterocycles. The van der Waals surface area contributed by atoms with Crippen LogP contribution < -0.4 is 9.47 Å². The second kappa shape index (κ2) is 5.14. The molecule has 0 bridgehead atoms. The largest absolute Gasteiger partial charge is 0.454 e. The first-order valence-electron chi connectivity index (χ1n) is 7.01. The molecule has 1 heterocycles. The van der Waals surface area contributed by atoms with Crippen LogP contribution in [0.1, 0.15) is 18.4 Å². The topological polar surface area (TPSA) is 85.6 Å². The molecule has 1 fully saturated rings. The van der Waals surface area contributed by atoms with Crippen molar-refractivity contribution in [3.63, 3.8) is 0 Å². The summed E-state index contributed by atoms with van der Waals surface area (Å²) in [5.41, 5.74) is -0.266. The van der Waals surface area contributed by atoms with E-state index < -0.39 is 26.4 Å². The fourth-order valence-corrected chi connectivity index (χ4v) is 5.07. The molecule has 1 saturated carbocycles. The van der Waals surface area contributed by atoms with E-state index in [2.05, 4.69) is 6.07 Å². The highest BCUT2D eigenvalue weighted by molar-refractivity contribution is 7.91. The quantitative estimate of drug-likeness (QED) is 0.816. The Morgan fingerprint density at radius 1 is 1.41 bits per heavy atom. The zero-order valence-corrected chi connectivity index (χ0v) is 13.2. The van der Waals surface area contributed by atoms with Gasteiger partial charge in [-0.2, -0.15) is 5.26 Å². The molecule has 0 aromatic heterocycles. The van der Waals surface area contributed by atoms with Crippen molar-refractivity contribution >= 4 is 9.84 Å². The van der Waals surface area contributed by atoms with Gasteiger partial charge in [-0.3, -0.25) is 0 Å². The van der Waals surface area contributed by atoms with Gasteiger partial charge < -0.3 is 14.2 Å². The summed E-state index contributed by atoms with van der Waals surface area (Å²) in [7, 11) is -3.37. The molecular formula is C15H17NO5S. The molecule has 1 aromatic carbocycles. The van der Waals surface area contributed by atoms with Gasteiger partial charge in [-0.1, -0.05) is 6.07 Å². The highest BCUT2D eigenvalue weighted by Crippen LogP contribution is 2.63. The lowest BCUT2D eigenvalue weighted by Gasteiger charge is -2.09. The minimum Gasteiger partial charge on any atom is -0.454 e. The zero-order valence-electron chi connectivity index (χ0n) is 12.4. The monoisotopic (exact) mass is 323 g/mol. The number of rotatable bonds is 5. The molecular weight excluding hydrogens is 306 g/mol. The molecule has 3 atom stereocenters. The first-order valence-corrected chi connectivity index (χ1v) is 8.97. The van der Waals surface area contributed by atoms with Crippen LogP contribution in [0.3, 0.4) is 0 Å². The summed E-state index contributed by atoms with van der Waals surface area (Å²) in [6, 6.07) is 7.49. The van der Waals surface area contributed by atoms with E-state index >= 15 is 0 Å². The Bertz CT molecular complexity index is 739. The number of hydrogen-bond acceptors (Lipinski definition) is 6. The molecule has 3 rings (SSSR count). The molecule has 118 valence electrons. The maximum Gasteiger partial charge on any atom is 0.231 e. The highest BCUT2D eigenvalue weighted by atomic mass is 32.2. The Balaban J connectivity index is 1.99. The molecule has 22 heavy (non-hydrogen) atoms. The summed E-state index contributed by atoms with van der Waals surface area (Å²) >= 11 is 0. The van der Waals surface area contributed by atoms with Gasteiger partial charge in [0.2, 0.25) is 6.79 Å². The van der Waals surface area contributed by atoms with Crippen molar-refractivity contribution in [2.75, 3.05) is 26.3 Å². The summed E-state index contributed by atoms with van der Waals surface area (Å²) in [5, 5.41) is 8.84. The van der Waals surface area contributed by atoms with Gasteiger partial charge >= 0.3 is 0 Å². The van der Waals surface area contributed by atoms with Gasteiger partial charge in [-0.05, 0) is 24.6 Å². The number of nitrogens with zero attached hydrogens (tertiary/aromatic N) is 1. The van der Waals surface area contributed by atoms with Crippen molar-refractivity contribution in [2.45, 2.75) is 18.1 Å². The van der Waals surface area contributed by atoms with Gasteiger partial charge in [0, 0.05) is 18.8 Å². The third kappa shape index (κ3) is 2.23.